The second-order valence-corrected chi connectivity index (χ2v) is 3.72. The van der Waals surface area contributed by atoms with Crippen LogP contribution in [0.4, 0.5) is 0 Å². The number of benzene rings is 1. The second-order valence-electron chi connectivity index (χ2n) is 3.72. The number of rotatable bonds is 4. The molecule has 0 aliphatic heterocycles. The van der Waals surface area contributed by atoms with E-state index in [4.69, 9.17) is 10.4 Å². The number of nitrogens with one attached hydrogen (secondary N) is 1. The fourth-order valence-electron chi connectivity index (χ4n) is 1.34. The van der Waals surface area contributed by atoms with Gasteiger partial charge in [-0.2, -0.15) is 5.26 Å². The summed E-state index contributed by atoms with van der Waals surface area (Å²) < 4.78 is 0. The predicted molar refractivity (Wildman–Crippen MR) is 59.3 cm³/mol. The van der Waals surface area contributed by atoms with E-state index in [9.17, 15) is 0 Å². The third kappa shape index (κ3) is 3.70. The lowest BCUT2D eigenvalue weighted by Crippen LogP contribution is -2.27. The van der Waals surface area contributed by atoms with Crippen LogP contribution in [0.5, 0.6) is 0 Å². The molecule has 0 heterocycles. The van der Waals surface area contributed by atoms with Gasteiger partial charge in [0.1, 0.15) is 0 Å². The zero-order chi connectivity index (χ0) is 11.3. The summed E-state index contributed by atoms with van der Waals surface area (Å²) in [4.78, 5) is 0. The van der Waals surface area contributed by atoms with E-state index in [2.05, 4.69) is 11.4 Å². The highest BCUT2D eigenvalue weighted by atomic mass is 16.3. The van der Waals surface area contributed by atoms with E-state index in [0.717, 1.165) is 5.56 Å². The highest BCUT2D eigenvalue weighted by Crippen LogP contribution is 2.13. The van der Waals surface area contributed by atoms with Gasteiger partial charge in [0.2, 0.25) is 0 Å². The van der Waals surface area contributed by atoms with Crippen LogP contribution in [0.3, 0.4) is 0 Å². The Labute approximate surface area is 90.4 Å². The second kappa shape index (κ2) is 5.50. The van der Waals surface area contributed by atoms with E-state index >= 15 is 0 Å². The number of hydrogen-bond donors (Lipinski definition) is 2. The minimum atomic E-state index is -0.355. The third-order valence-corrected chi connectivity index (χ3v) is 2.24. The fourth-order valence-corrected chi connectivity index (χ4v) is 1.34. The standard InChI is InChI=1S/C12H16N2O/c1-9(15)8-14-10(2)12-5-3-4-11(6-12)7-13/h3-6,9-10,14-15H,8H2,1-2H3/t9-,10-/m1/s1. The summed E-state index contributed by atoms with van der Waals surface area (Å²) in [6.07, 6.45) is -0.355. The summed E-state index contributed by atoms with van der Waals surface area (Å²) in [6.45, 7) is 4.31. The highest BCUT2D eigenvalue weighted by Gasteiger charge is 2.06. The van der Waals surface area contributed by atoms with Gasteiger partial charge in [0.15, 0.2) is 0 Å². The molecule has 0 radical (unpaired) electrons. The molecule has 0 aliphatic carbocycles. The van der Waals surface area contributed by atoms with E-state index in [1.165, 1.54) is 0 Å². The Hall–Kier alpha value is -1.37. The van der Waals surface area contributed by atoms with Crippen molar-refractivity contribution < 1.29 is 5.11 Å². The van der Waals surface area contributed by atoms with Crippen LogP contribution in [0.15, 0.2) is 24.3 Å². The van der Waals surface area contributed by atoms with E-state index in [1.807, 2.05) is 25.1 Å². The molecule has 3 nitrogen and oxygen atoms in total. The summed E-state index contributed by atoms with van der Waals surface area (Å²) in [5, 5.41) is 21.1. The molecule has 15 heavy (non-hydrogen) atoms. The van der Waals surface area contributed by atoms with Gasteiger partial charge >= 0.3 is 0 Å². The van der Waals surface area contributed by atoms with E-state index < -0.39 is 0 Å². The smallest absolute Gasteiger partial charge is 0.0991 e. The molecule has 1 aromatic carbocycles. The minimum absolute atomic E-state index is 0.146. The number of aliphatic hydroxyl groups excluding tert-OH is 1. The minimum Gasteiger partial charge on any atom is -0.392 e. The first-order chi connectivity index (χ1) is 7.13. The van der Waals surface area contributed by atoms with Crippen LogP contribution in [-0.4, -0.2) is 17.8 Å². The molecule has 0 saturated carbocycles. The molecular weight excluding hydrogens is 188 g/mol. The first-order valence-electron chi connectivity index (χ1n) is 5.05. The molecule has 0 saturated heterocycles. The molecule has 0 aliphatic rings. The first kappa shape index (κ1) is 11.7. The van der Waals surface area contributed by atoms with Gasteiger partial charge < -0.3 is 10.4 Å². The van der Waals surface area contributed by atoms with Gasteiger partial charge in [-0.25, -0.2) is 0 Å². The van der Waals surface area contributed by atoms with Gasteiger partial charge in [-0.05, 0) is 31.5 Å². The Kier molecular flexibility index (Phi) is 4.29. The van der Waals surface area contributed by atoms with Crippen molar-refractivity contribution in [2.24, 2.45) is 0 Å². The maximum absolute atomic E-state index is 9.13. The van der Waals surface area contributed by atoms with Crippen LogP contribution in [0, 0.1) is 11.3 Å². The van der Waals surface area contributed by atoms with Gasteiger partial charge in [-0.1, -0.05) is 12.1 Å². The lowest BCUT2D eigenvalue weighted by Gasteiger charge is -2.15. The molecule has 0 unspecified atom stereocenters. The van der Waals surface area contributed by atoms with E-state index in [-0.39, 0.29) is 12.1 Å². The average molecular weight is 204 g/mol. The topological polar surface area (TPSA) is 56.0 Å². The van der Waals surface area contributed by atoms with Crippen molar-refractivity contribution in [3.63, 3.8) is 0 Å². The van der Waals surface area contributed by atoms with Gasteiger partial charge in [0, 0.05) is 12.6 Å². The molecule has 0 bridgehead atoms. The van der Waals surface area contributed by atoms with Crippen molar-refractivity contribution in [1.82, 2.24) is 5.32 Å². The largest absolute Gasteiger partial charge is 0.392 e. The molecule has 0 spiro atoms. The molecule has 0 fully saturated rings. The van der Waals surface area contributed by atoms with E-state index in [0.29, 0.717) is 12.1 Å². The van der Waals surface area contributed by atoms with Crippen molar-refractivity contribution in [1.29, 1.82) is 5.26 Å². The van der Waals surface area contributed by atoms with Crippen molar-refractivity contribution in [3.05, 3.63) is 35.4 Å². The van der Waals surface area contributed by atoms with E-state index in [1.54, 1.807) is 13.0 Å². The lowest BCUT2D eigenvalue weighted by atomic mass is 10.1. The van der Waals surface area contributed by atoms with Gasteiger partial charge in [-0.15, -0.1) is 0 Å². The Morgan fingerprint density at radius 3 is 2.80 bits per heavy atom. The summed E-state index contributed by atoms with van der Waals surface area (Å²) in [5.74, 6) is 0. The zero-order valence-electron chi connectivity index (χ0n) is 9.07. The monoisotopic (exact) mass is 204 g/mol. The summed E-state index contributed by atoms with van der Waals surface area (Å²) >= 11 is 0. The molecule has 0 amide bonds. The van der Waals surface area contributed by atoms with Crippen LogP contribution < -0.4 is 5.32 Å². The Balaban J connectivity index is 2.65. The Morgan fingerprint density at radius 2 is 2.20 bits per heavy atom. The van der Waals surface area contributed by atoms with Crippen molar-refractivity contribution in [2.75, 3.05) is 6.54 Å². The molecule has 80 valence electrons. The molecular formula is C12H16N2O. The first-order valence-corrected chi connectivity index (χ1v) is 5.05. The number of hydrogen-bond acceptors (Lipinski definition) is 3. The fraction of sp³-hybridized carbons (Fsp3) is 0.417. The molecule has 2 N–H and O–H groups in total. The Bertz CT molecular complexity index is 355. The maximum atomic E-state index is 9.13. The SMILES string of the molecule is C[C@@H](O)CN[C@H](C)c1cccc(C#N)c1. The average Bonchev–Trinajstić information content (AvgIpc) is 2.26. The molecule has 2 atom stereocenters. The number of nitriles is 1. The van der Waals surface area contributed by atoms with Gasteiger partial charge in [-0.3, -0.25) is 0 Å². The van der Waals surface area contributed by atoms with Crippen LogP contribution in [0.1, 0.15) is 31.0 Å². The van der Waals surface area contributed by atoms with Crippen molar-refractivity contribution >= 4 is 0 Å². The molecule has 0 aromatic heterocycles. The maximum Gasteiger partial charge on any atom is 0.0991 e. The zero-order valence-corrected chi connectivity index (χ0v) is 9.07. The number of aliphatic hydroxyl groups is 1. The summed E-state index contributed by atoms with van der Waals surface area (Å²) in [5.41, 5.74) is 1.73. The van der Waals surface area contributed by atoms with Crippen LogP contribution in [-0.2, 0) is 0 Å². The molecule has 1 rings (SSSR count). The van der Waals surface area contributed by atoms with Crippen molar-refractivity contribution in [2.45, 2.75) is 26.0 Å². The van der Waals surface area contributed by atoms with Crippen LogP contribution in [0.25, 0.3) is 0 Å². The number of nitrogens with zero attached hydrogens (tertiary/aromatic N) is 1. The molecule has 1 aromatic rings. The Morgan fingerprint density at radius 1 is 1.47 bits per heavy atom. The van der Waals surface area contributed by atoms with Crippen LogP contribution in [0.2, 0.25) is 0 Å². The normalized spacial score (nSPS) is 14.3. The predicted octanol–water partition coefficient (Wildman–Crippen LogP) is 1.59. The lowest BCUT2D eigenvalue weighted by molar-refractivity contribution is 0.187. The highest BCUT2D eigenvalue weighted by molar-refractivity contribution is 5.33. The van der Waals surface area contributed by atoms with Gasteiger partial charge in [0.05, 0.1) is 17.7 Å². The summed E-state index contributed by atoms with van der Waals surface area (Å²) in [7, 11) is 0. The van der Waals surface area contributed by atoms with Crippen molar-refractivity contribution in [3.8, 4) is 6.07 Å². The quantitative estimate of drug-likeness (QED) is 0.783. The third-order valence-electron chi connectivity index (χ3n) is 2.24. The van der Waals surface area contributed by atoms with Gasteiger partial charge in [0.25, 0.3) is 0 Å². The molecule has 3 heteroatoms. The summed E-state index contributed by atoms with van der Waals surface area (Å²) in [6, 6.07) is 9.74. The van der Waals surface area contributed by atoms with Crippen LogP contribution >= 0.6 is 0 Å².